The second-order valence-corrected chi connectivity index (χ2v) is 20.3. The lowest BCUT2D eigenvalue weighted by Gasteiger charge is -2.22. The van der Waals surface area contributed by atoms with Crippen molar-refractivity contribution in [2.45, 2.75) is 38.5 Å². The minimum atomic E-state index is -0.0719. The smallest absolute Gasteiger partial charge is 0.0159 e. The van der Waals surface area contributed by atoms with Gasteiger partial charge in [0.2, 0.25) is 0 Å². The van der Waals surface area contributed by atoms with Crippen LogP contribution in [0.5, 0.6) is 0 Å². The van der Waals surface area contributed by atoms with Crippen LogP contribution < -0.4 is 0 Å². The Balaban J connectivity index is 0.987. The van der Waals surface area contributed by atoms with Crippen LogP contribution >= 0.6 is 0 Å². The summed E-state index contributed by atoms with van der Waals surface area (Å²) in [6.45, 7) is 9.46. The molecule has 0 heteroatoms. The van der Waals surface area contributed by atoms with Crippen LogP contribution in [0.25, 0.3) is 121 Å². The van der Waals surface area contributed by atoms with Gasteiger partial charge in [-0.3, -0.25) is 0 Å². The Hall–Kier alpha value is -8.06. The molecule has 12 aromatic carbocycles. The highest BCUT2D eigenvalue weighted by atomic mass is 14.4. The maximum Gasteiger partial charge on any atom is 0.0159 e. The van der Waals surface area contributed by atoms with E-state index in [2.05, 4.69) is 246 Å². The lowest BCUT2D eigenvalue weighted by Crippen LogP contribution is -2.14. The lowest BCUT2D eigenvalue weighted by molar-refractivity contribution is 0.660. The number of fused-ring (bicyclic) bond motifs is 17. The van der Waals surface area contributed by atoms with Gasteiger partial charge >= 0.3 is 0 Å². The van der Waals surface area contributed by atoms with Gasteiger partial charge in [0.1, 0.15) is 0 Å². The van der Waals surface area contributed by atoms with Crippen LogP contribution in [0.3, 0.4) is 0 Å². The molecule has 0 unspecified atom stereocenters. The first kappa shape index (κ1) is 39.1. The number of hydrogen-bond donors (Lipinski definition) is 0. The molecule has 0 saturated carbocycles. The second-order valence-electron chi connectivity index (χ2n) is 20.3. The van der Waals surface area contributed by atoms with E-state index in [-0.39, 0.29) is 10.8 Å². The van der Waals surface area contributed by atoms with Crippen molar-refractivity contribution in [2.75, 3.05) is 0 Å². The summed E-state index contributed by atoms with van der Waals surface area (Å²) in [7, 11) is 0. The van der Waals surface area contributed by atoms with E-state index in [1.54, 1.807) is 0 Å². The number of hydrogen-bond acceptors (Lipinski definition) is 0. The first-order chi connectivity index (χ1) is 33.3. The average molecular weight is 865 g/mol. The zero-order valence-electron chi connectivity index (χ0n) is 38.8. The third-order valence-corrected chi connectivity index (χ3v) is 16.1. The van der Waals surface area contributed by atoms with Crippen molar-refractivity contribution < 1.29 is 0 Å². The highest BCUT2D eigenvalue weighted by Crippen LogP contribution is 2.53. The van der Waals surface area contributed by atoms with Gasteiger partial charge in [-0.05, 0) is 167 Å². The molecule has 2 aliphatic carbocycles. The molecule has 0 bridgehead atoms. The topological polar surface area (TPSA) is 0 Å². The molecule has 0 saturated heterocycles. The number of rotatable bonds is 4. The van der Waals surface area contributed by atoms with Gasteiger partial charge in [-0.2, -0.15) is 0 Å². The van der Waals surface area contributed by atoms with Crippen molar-refractivity contribution in [3.63, 3.8) is 0 Å². The maximum atomic E-state index is 2.49. The van der Waals surface area contributed by atoms with Crippen LogP contribution in [-0.2, 0) is 10.8 Å². The molecule has 0 heterocycles. The highest BCUT2D eigenvalue weighted by Gasteiger charge is 2.36. The predicted molar refractivity (Wildman–Crippen MR) is 291 cm³/mol. The predicted octanol–water partition coefficient (Wildman–Crippen LogP) is 18.7. The van der Waals surface area contributed by atoms with Gasteiger partial charge in [0, 0.05) is 10.8 Å². The summed E-state index contributed by atoms with van der Waals surface area (Å²) in [6.07, 6.45) is 0. The Bertz CT molecular complexity index is 4140. The number of benzene rings is 12. The molecule has 0 spiro atoms. The van der Waals surface area contributed by atoms with E-state index in [0.717, 1.165) is 0 Å². The zero-order chi connectivity index (χ0) is 45.5. The minimum Gasteiger partial charge on any atom is -0.0619 e. The highest BCUT2D eigenvalue weighted by molar-refractivity contribution is 6.40. The molecule has 0 amide bonds. The summed E-state index contributed by atoms with van der Waals surface area (Å²) in [5.74, 6) is 0. The SMILES string of the molecule is CC1(C)c2ccccc2-c2cc(-c3ccccc3-c3ccc4c5ccccc5c5c6cc(-c7ccccc7-c7ccc8c(c7)C(C)(C)c7ccccc7-8)ccc6c6ccccc6c5c4c3)ccc21. The van der Waals surface area contributed by atoms with E-state index in [1.165, 1.54) is 143 Å². The van der Waals surface area contributed by atoms with Gasteiger partial charge in [0.25, 0.3) is 0 Å². The molecular weight excluding hydrogens is 817 g/mol. The van der Waals surface area contributed by atoms with Crippen LogP contribution in [0.2, 0.25) is 0 Å². The molecule has 0 N–H and O–H groups in total. The monoisotopic (exact) mass is 864 g/mol. The first-order valence-electron chi connectivity index (χ1n) is 24.2. The van der Waals surface area contributed by atoms with Gasteiger partial charge in [0.05, 0.1) is 0 Å². The van der Waals surface area contributed by atoms with Crippen molar-refractivity contribution >= 4 is 53.9 Å². The van der Waals surface area contributed by atoms with Gasteiger partial charge in [0.15, 0.2) is 0 Å². The fourth-order valence-electron chi connectivity index (χ4n) is 12.7. The molecule has 14 rings (SSSR count). The summed E-state index contributed by atoms with van der Waals surface area (Å²) in [4.78, 5) is 0. The van der Waals surface area contributed by atoms with Crippen LogP contribution in [0.4, 0.5) is 0 Å². The third-order valence-electron chi connectivity index (χ3n) is 16.1. The van der Waals surface area contributed by atoms with Crippen LogP contribution in [0, 0.1) is 0 Å². The molecule has 2 aliphatic rings. The molecule has 0 radical (unpaired) electrons. The molecular formula is C68H48. The largest absolute Gasteiger partial charge is 0.0619 e. The average Bonchev–Trinajstić information content (AvgIpc) is 3.76. The van der Waals surface area contributed by atoms with E-state index in [9.17, 15) is 0 Å². The van der Waals surface area contributed by atoms with Crippen molar-refractivity contribution in [1.29, 1.82) is 0 Å². The standard InChI is InChI=1S/C68H48/c1-67(2)62-28-16-14-24-54(62)58-37-43(32-36-63(58)67)47-19-6-5-17-45(47)41-29-33-51-49-21-9-12-26-57(49)66-60-39-42(30-34-52(60)50-22-10-11-25-56(50)65(66)59(51)38-41)46-18-7-8-20-48(46)44-31-35-55-53-23-13-15-27-61(53)68(3,4)64(55)40-44/h5-40H,1-4H3. The molecule has 0 fully saturated rings. The minimum absolute atomic E-state index is 0.0314. The Morgan fingerprint density at radius 2 is 0.529 bits per heavy atom. The molecule has 320 valence electrons. The summed E-state index contributed by atoms with van der Waals surface area (Å²) < 4.78 is 0. The summed E-state index contributed by atoms with van der Waals surface area (Å²) in [6, 6.07) is 82.7. The molecule has 68 heavy (non-hydrogen) atoms. The van der Waals surface area contributed by atoms with Crippen LogP contribution in [0.1, 0.15) is 49.9 Å². The Morgan fingerprint density at radius 3 is 1.04 bits per heavy atom. The fourth-order valence-corrected chi connectivity index (χ4v) is 12.7. The normalized spacial score (nSPS) is 14.1. The van der Waals surface area contributed by atoms with E-state index in [4.69, 9.17) is 0 Å². The summed E-state index contributed by atoms with van der Waals surface area (Å²) in [5.41, 5.74) is 20.8. The Labute approximate surface area is 397 Å². The molecule has 12 aromatic rings. The van der Waals surface area contributed by atoms with E-state index >= 15 is 0 Å². The van der Waals surface area contributed by atoms with Crippen LogP contribution in [0.15, 0.2) is 218 Å². The van der Waals surface area contributed by atoms with Crippen LogP contribution in [-0.4, -0.2) is 0 Å². The van der Waals surface area contributed by atoms with Gasteiger partial charge in [-0.15, -0.1) is 0 Å². The molecule has 0 nitrogen and oxygen atoms in total. The van der Waals surface area contributed by atoms with Crippen molar-refractivity contribution in [3.8, 4) is 66.8 Å². The van der Waals surface area contributed by atoms with Gasteiger partial charge < -0.3 is 0 Å². The second kappa shape index (κ2) is 14.2. The Morgan fingerprint density at radius 1 is 0.206 bits per heavy atom. The van der Waals surface area contributed by atoms with Gasteiger partial charge in [-0.25, -0.2) is 0 Å². The Kier molecular flexibility index (Phi) is 8.19. The summed E-state index contributed by atoms with van der Waals surface area (Å²) >= 11 is 0. The fraction of sp³-hybridized carbons (Fsp3) is 0.0882. The van der Waals surface area contributed by atoms with Gasteiger partial charge in [-0.1, -0.05) is 222 Å². The van der Waals surface area contributed by atoms with Crippen molar-refractivity contribution in [2.24, 2.45) is 0 Å². The first-order valence-corrected chi connectivity index (χ1v) is 24.2. The van der Waals surface area contributed by atoms with Crippen molar-refractivity contribution in [3.05, 3.63) is 241 Å². The molecule has 0 aromatic heterocycles. The maximum absolute atomic E-state index is 2.49. The zero-order valence-corrected chi connectivity index (χ0v) is 38.8. The molecule has 0 atom stereocenters. The lowest BCUT2D eigenvalue weighted by atomic mass is 9.81. The van der Waals surface area contributed by atoms with E-state index in [1.807, 2.05) is 0 Å². The quantitative estimate of drug-likeness (QED) is 0.155. The van der Waals surface area contributed by atoms with Crippen molar-refractivity contribution in [1.82, 2.24) is 0 Å². The molecule has 0 aliphatic heterocycles. The third kappa shape index (κ3) is 5.43. The van der Waals surface area contributed by atoms with E-state index in [0.29, 0.717) is 0 Å². The van der Waals surface area contributed by atoms with E-state index < -0.39 is 0 Å². The summed E-state index contributed by atoms with van der Waals surface area (Å²) in [5, 5.41) is 12.8.